The van der Waals surface area contributed by atoms with Gasteiger partial charge in [-0.3, -0.25) is 0 Å². The van der Waals surface area contributed by atoms with Gasteiger partial charge in [-0.2, -0.15) is 10.4 Å². The molecule has 2 aromatic heterocycles. The van der Waals surface area contributed by atoms with E-state index in [0.717, 1.165) is 37.4 Å². The molecule has 1 atom stereocenters. The Hall–Kier alpha value is -2.68. The molecular formula is C16H18N6. The average Bonchev–Trinajstić information content (AvgIpc) is 2.56. The zero-order chi connectivity index (χ0) is 15.4. The van der Waals surface area contributed by atoms with Crippen LogP contribution in [0.3, 0.4) is 0 Å². The predicted molar refractivity (Wildman–Crippen MR) is 84.6 cm³/mol. The molecule has 3 heterocycles. The van der Waals surface area contributed by atoms with Crippen molar-refractivity contribution < 1.29 is 0 Å². The highest BCUT2D eigenvalue weighted by Gasteiger charge is 2.22. The Labute approximate surface area is 129 Å². The normalized spacial score (nSPS) is 17.8. The van der Waals surface area contributed by atoms with E-state index in [1.165, 1.54) is 0 Å². The molecule has 0 bridgehead atoms. The fourth-order valence-electron chi connectivity index (χ4n) is 2.67. The van der Waals surface area contributed by atoms with Crippen molar-refractivity contribution in [2.45, 2.75) is 25.8 Å². The van der Waals surface area contributed by atoms with Crippen molar-refractivity contribution in [3.63, 3.8) is 0 Å². The third-order valence-corrected chi connectivity index (χ3v) is 3.80. The molecule has 0 amide bonds. The Morgan fingerprint density at radius 1 is 1.32 bits per heavy atom. The Morgan fingerprint density at radius 2 is 2.23 bits per heavy atom. The smallest absolute Gasteiger partial charge is 0.151 e. The van der Waals surface area contributed by atoms with Crippen molar-refractivity contribution >= 4 is 11.6 Å². The van der Waals surface area contributed by atoms with E-state index in [4.69, 9.17) is 5.26 Å². The summed E-state index contributed by atoms with van der Waals surface area (Å²) in [6.07, 6.45) is 3.83. The lowest BCUT2D eigenvalue weighted by Gasteiger charge is -2.34. The van der Waals surface area contributed by atoms with Crippen LogP contribution in [0.4, 0.5) is 11.6 Å². The third kappa shape index (κ3) is 3.14. The van der Waals surface area contributed by atoms with E-state index >= 15 is 0 Å². The predicted octanol–water partition coefficient (Wildman–Crippen LogP) is 2.13. The number of aryl methyl sites for hydroxylation is 1. The van der Waals surface area contributed by atoms with E-state index in [9.17, 15) is 0 Å². The van der Waals surface area contributed by atoms with Gasteiger partial charge in [-0.15, -0.1) is 5.10 Å². The Bertz CT molecular complexity index is 676. The molecule has 3 rings (SSSR count). The van der Waals surface area contributed by atoms with Crippen molar-refractivity contribution in [3.05, 3.63) is 41.7 Å². The average molecular weight is 294 g/mol. The van der Waals surface area contributed by atoms with Crippen molar-refractivity contribution in [1.82, 2.24) is 15.2 Å². The van der Waals surface area contributed by atoms with Crippen LogP contribution in [0.25, 0.3) is 0 Å². The van der Waals surface area contributed by atoms with Crippen LogP contribution in [-0.4, -0.2) is 34.3 Å². The summed E-state index contributed by atoms with van der Waals surface area (Å²) in [7, 11) is 0. The second-order valence-electron chi connectivity index (χ2n) is 5.47. The lowest BCUT2D eigenvalue weighted by molar-refractivity contribution is 0.524. The fourth-order valence-corrected chi connectivity index (χ4v) is 2.67. The molecule has 0 aromatic carbocycles. The SMILES string of the molecule is Cc1ccc(N2CCC[C@H](Nc3ncccc3C#N)C2)nn1. The van der Waals surface area contributed by atoms with E-state index in [-0.39, 0.29) is 6.04 Å². The van der Waals surface area contributed by atoms with Crippen LogP contribution < -0.4 is 10.2 Å². The molecule has 1 aliphatic heterocycles. The van der Waals surface area contributed by atoms with Crippen LogP contribution >= 0.6 is 0 Å². The summed E-state index contributed by atoms with van der Waals surface area (Å²) in [6.45, 7) is 3.74. The molecular weight excluding hydrogens is 276 g/mol. The van der Waals surface area contributed by atoms with Crippen LogP contribution in [0.15, 0.2) is 30.5 Å². The molecule has 112 valence electrons. The third-order valence-electron chi connectivity index (χ3n) is 3.80. The largest absolute Gasteiger partial charge is 0.364 e. The van der Waals surface area contributed by atoms with E-state index in [0.29, 0.717) is 11.4 Å². The highest BCUT2D eigenvalue weighted by molar-refractivity contribution is 5.52. The minimum absolute atomic E-state index is 0.249. The van der Waals surface area contributed by atoms with E-state index < -0.39 is 0 Å². The van der Waals surface area contributed by atoms with Crippen molar-refractivity contribution in [2.24, 2.45) is 0 Å². The zero-order valence-corrected chi connectivity index (χ0v) is 12.5. The van der Waals surface area contributed by atoms with Gasteiger partial charge in [0.2, 0.25) is 0 Å². The summed E-state index contributed by atoms with van der Waals surface area (Å²) >= 11 is 0. The van der Waals surface area contributed by atoms with Crippen LogP contribution in [0.2, 0.25) is 0 Å². The van der Waals surface area contributed by atoms with E-state index in [1.807, 2.05) is 19.1 Å². The maximum absolute atomic E-state index is 9.15. The summed E-state index contributed by atoms with van der Waals surface area (Å²) in [4.78, 5) is 6.50. The number of hydrogen-bond donors (Lipinski definition) is 1. The molecule has 6 heteroatoms. The molecule has 6 nitrogen and oxygen atoms in total. The standard InChI is InChI=1S/C16H18N6/c1-12-6-7-15(21-20-12)22-9-3-5-14(11-22)19-16-13(10-17)4-2-8-18-16/h2,4,6-8,14H,3,5,9,11H2,1H3,(H,18,19)/t14-/m0/s1. The van der Waals surface area contributed by atoms with Gasteiger partial charge < -0.3 is 10.2 Å². The molecule has 0 unspecified atom stereocenters. The Balaban J connectivity index is 1.71. The molecule has 0 radical (unpaired) electrons. The number of pyridine rings is 1. The Morgan fingerprint density at radius 3 is 3.00 bits per heavy atom. The minimum atomic E-state index is 0.249. The van der Waals surface area contributed by atoms with Gasteiger partial charge in [0, 0.05) is 25.3 Å². The first-order valence-electron chi connectivity index (χ1n) is 7.43. The lowest BCUT2D eigenvalue weighted by atomic mass is 10.1. The molecule has 1 aliphatic rings. The summed E-state index contributed by atoms with van der Waals surface area (Å²) in [5.74, 6) is 1.56. The summed E-state index contributed by atoms with van der Waals surface area (Å²) < 4.78 is 0. The van der Waals surface area contributed by atoms with Gasteiger partial charge >= 0.3 is 0 Å². The van der Waals surface area contributed by atoms with Gasteiger partial charge in [-0.05, 0) is 44.0 Å². The number of rotatable bonds is 3. The first-order chi connectivity index (χ1) is 10.8. The summed E-state index contributed by atoms with van der Waals surface area (Å²) in [5.41, 5.74) is 1.50. The highest BCUT2D eigenvalue weighted by Crippen LogP contribution is 2.20. The van der Waals surface area contributed by atoms with Crippen molar-refractivity contribution in [1.29, 1.82) is 5.26 Å². The Kier molecular flexibility index (Phi) is 4.15. The number of hydrogen-bond acceptors (Lipinski definition) is 6. The van der Waals surface area contributed by atoms with Crippen LogP contribution in [0, 0.1) is 18.3 Å². The number of nitrogens with zero attached hydrogens (tertiary/aromatic N) is 5. The van der Waals surface area contributed by atoms with Crippen molar-refractivity contribution in [2.75, 3.05) is 23.3 Å². The maximum atomic E-state index is 9.15. The van der Waals surface area contributed by atoms with Gasteiger partial charge in [0.1, 0.15) is 11.9 Å². The molecule has 1 N–H and O–H groups in total. The van der Waals surface area contributed by atoms with Crippen molar-refractivity contribution in [3.8, 4) is 6.07 Å². The van der Waals surface area contributed by atoms with E-state index in [1.54, 1.807) is 18.3 Å². The quantitative estimate of drug-likeness (QED) is 0.934. The van der Waals surface area contributed by atoms with Crippen LogP contribution in [0.5, 0.6) is 0 Å². The lowest BCUT2D eigenvalue weighted by Crippen LogP contribution is -2.42. The zero-order valence-electron chi connectivity index (χ0n) is 12.5. The van der Waals surface area contributed by atoms with Gasteiger partial charge in [0.15, 0.2) is 5.82 Å². The first-order valence-corrected chi connectivity index (χ1v) is 7.43. The monoisotopic (exact) mass is 294 g/mol. The number of nitriles is 1. The molecule has 0 spiro atoms. The molecule has 0 aliphatic carbocycles. The molecule has 22 heavy (non-hydrogen) atoms. The topological polar surface area (TPSA) is 77.7 Å². The first kappa shape index (κ1) is 14.3. The van der Waals surface area contributed by atoms with E-state index in [2.05, 4.69) is 31.5 Å². The van der Waals surface area contributed by atoms with Crippen LogP contribution in [-0.2, 0) is 0 Å². The number of aromatic nitrogens is 3. The minimum Gasteiger partial charge on any atom is -0.364 e. The van der Waals surface area contributed by atoms with Gasteiger partial charge in [0.05, 0.1) is 11.3 Å². The van der Waals surface area contributed by atoms with Gasteiger partial charge in [-0.25, -0.2) is 4.98 Å². The van der Waals surface area contributed by atoms with Gasteiger partial charge in [-0.1, -0.05) is 0 Å². The van der Waals surface area contributed by atoms with Gasteiger partial charge in [0.25, 0.3) is 0 Å². The summed E-state index contributed by atoms with van der Waals surface area (Å²) in [5, 5.41) is 20.9. The number of nitrogens with one attached hydrogen (secondary N) is 1. The highest BCUT2D eigenvalue weighted by atomic mass is 15.3. The fraction of sp³-hybridized carbons (Fsp3) is 0.375. The molecule has 2 aromatic rings. The summed E-state index contributed by atoms with van der Waals surface area (Å²) in [6, 6.07) is 9.96. The number of piperidine rings is 1. The second kappa shape index (κ2) is 6.39. The maximum Gasteiger partial charge on any atom is 0.151 e. The number of anilines is 2. The molecule has 1 fully saturated rings. The van der Waals surface area contributed by atoms with Crippen LogP contribution in [0.1, 0.15) is 24.1 Å². The molecule has 0 saturated carbocycles. The second-order valence-corrected chi connectivity index (χ2v) is 5.47. The molecule has 1 saturated heterocycles.